The van der Waals surface area contributed by atoms with Crippen LogP contribution in [0.1, 0.15) is 89.1 Å². The van der Waals surface area contributed by atoms with Crippen molar-refractivity contribution in [3.8, 4) is 0 Å². The van der Waals surface area contributed by atoms with Crippen molar-refractivity contribution in [2.75, 3.05) is 44.3 Å². The Balaban J connectivity index is 1.30. The van der Waals surface area contributed by atoms with Gasteiger partial charge in [0, 0.05) is 79.9 Å². The van der Waals surface area contributed by atoms with Gasteiger partial charge in [0.2, 0.25) is 5.95 Å². The van der Waals surface area contributed by atoms with Crippen LogP contribution < -0.4 is 4.90 Å². The Morgan fingerprint density at radius 1 is 1.00 bits per heavy atom. The Hall–Kier alpha value is -2.55. The van der Waals surface area contributed by atoms with Gasteiger partial charge in [-0.05, 0) is 57.6 Å². The van der Waals surface area contributed by atoms with Gasteiger partial charge in [-0.2, -0.15) is 0 Å². The van der Waals surface area contributed by atoms with Gasteiger partial charge in [-0.15, -0.1) is 0 Å². The molecule has 224 valence electrons. The van der Waals surface area contributed by atoms with E-state index in [1.165, 1.54) is 10.9 Å². The molecule has 1 aromatic carbocycles. The number of hydrogen-bond donors (Lipinski definition) is 1. The SMILES string of the molecule is CCCCOC(OCCCC)C1CCN(c2ncc(C3c4[nH]c5ccccc5c4CCN3CC(C)(C)F)cn2)CC1. The Bertz CT molecular complexity index is 1220. The molecule has 0 aliphatic carbocycles. The van der Waals surface area contributed by atoms with E-state index >= 15 is 0 Å². The summed E-state index contributed by atoms with van der Waals surface area (Å²) in [6.07, 6.45) is 11.0. The minimum atomic E-state index is -1.30. The predicted molar refractivity (Wildman–Crippen MR) is 163 cm³/mol. The maximum absolute atomic E-state index is 14.9. The lowest BCUT2D eigenvalue weighted by molar-refractivity contribution is -0.177. The van der Waals surface area contributed by atoms with Crippen molar-refractivity contribution in [3.05, 3.63) is 53.5 Å². The van der Waals surface area contributed by atoms with Gasteiger partial charge in [0.15, 0.2) is 6.29 Å². The van der Waals surface area contributed by atoms with Gasteiger partial charge < -0.3 is 19.4 Å². The summed E-state index contributed by atoms with van der Waals surface area (Å²) in [5.41, 5.74) is 3.28. The van der Waals surface area contributed by atoms with Crippen LogP contribution in [0.3, 0.4) is 0 Å². The van der Waals surface area contributed by atoms with E-state index in [0.717, 1.165) is 101 Å². The van der Waals surface area contributed by atoms with Gasteiger partial charge in [0.05, 0.1) is 6.04 Å². The molecule has 2 aliphatic rings. The molecule has 0 radical (unpaired) electrons. The lowest BCUT2D eigenvalue weighted by Gasteiger charge is -2.38. The fourth-order valence-corrected chi connectivity index (χ4v) is 6.34. The van der Waals surface area contributed by atoms with E-state index < -0.39 is 5.67 Å². The van der Waals surface area contributed by atoms with Crippen LogP contribution in [0.5, 0.6) is 0 Å². The van der Waals surface area contributed by atoms with Gasteiger partial charge in [0.1, 0.15) is 5.67 Å². The number of para-hydroxylation sites is 1. The van der Waals surface area contributed by atoms with Crippen molar-refractivity contribution in [2.45, 2.75) is 90.6 Å². The molecule has 1 N–H and O–H groups in total. The Morgan fingerprint density at radius 3 is 2.29 bits per heavy atom. The fraction of sp³-hybridized carbons (Fsp3) is 0.636. The number of rotatable bonds is 13. The van der Waals surface area contributed by atoms with Crippen LogP contribution in [0, 0.1) is 5.92 Å². The monoisotopic (exact) mass is 565 g/mol. The molecule has 3 aromatic rings. The number of fused-ring (bicyclic) bond motifs is 3. The molecule has 8 heteroatoms. The molecule has 1 atom stereocenters. The smallest absolute Gasteiger partial charge is 0.225 e. The molecule has 2 aromatic heterocycles. The first-order valence-corrected chi connectivity index (χ1v) is 15.7. The third-order valence-corrected chi connectivity index (χ3v) is 8.45. The summed E-state index contributed by atoms with van der Waals surface area (Å²) < 4.78 is 27.3. The molecule has 1 unspecified atom stereocenters. The molecule has 0 saturated carbocycles. The first kappa shape index (κ1) is 29.9. The summed E-state index contributed by atoms with van der Waals surface area (Å²) in [4.78, 5) is 17.9. The van der Waals surface area contributed by atoms with Gasteiger partial charge in [-0.25, -0.2) is 14.4 Å². The van der Waals surface area contributed by atoms with Crippen LogP contribution in [0.4, 0.5) is 10.3 Å². The first-order chi connectivity index (χ1) is 19.9. The summed E-state index contributed by atoms with van der Waals surface area (Å²) in [5, 5.41) is 1.25. The number of H-pyrrole nitrogens is 1. The predicted octanol–water partition coefficient (Wildman–Crippen LogP) is 6.83. The molecule has 0 spiro atoms. The molecule has 1 fully saturated rings. The van der Waals surface area contributed by atoms with Crippen molar-refractivity contribution in [3.63, 3.8) is 0 Å². The Morgan fingerprint density at radius 2 is 1.66 bits per heavy atom. The maximum Gasteiger partial charge on any atom is 0.225 e. The van der Waals surface area contributed by atoms with E-state index in [-0.39, 0.29) is 12.3 Å². The van der Waals surface area contributed by atoms with Crippen molar-refractivity contribution >= 4 is 16.9 Å². The first-order valence-electron chi connectivity index (χ1n) is 15.7. The largest absolute Gasteiger partial charge is 0.357 e. The number of anilines is 1. The Kier molecular flexibility index (Phi) is 9.94. The summed E-state index contributed by atoms with van der Waals surface area (Å²) in [6, 6.07) is 8.32. The zero-order valence-corrected chi connectivity index (χ0v) is 25.4. The number of hydrogen-bond acceptors (Lipinski definition) is 6. The van der Waals surface area contributed by atoms with Crippen LogP contribution in [0.2, 0.25) is 0 Å². The van der Waals surface area contributed by atoms with E-state index in [1.807, 2.05) is 12.4 Å². The minimum Gasteiger partial charge on any atom is -0.357 e. The number of nitrogens with zero attached hydrogens (tertiary/aromatic N) is 4. The summed E-state index contributed by atoms with van der Waals surface area (Å²) in [5.74, 6) is 1.15. The van der Waals surface area contributed by atoms with Crippen LogP contribution in [0.25, 0.3) is 10.9 Å². The molecular weight excluding hydrogens is 517 g/mol. The number of nitrogens with one attached hydrogen (secondary N) is 1. The highest BCUT2D eigenvalue weighted by atomic mass is 19.1. The number of aromatic amines is 1. The number of alkyl halides is 1. The van der Waals surface area contributed by atoms with Gasteiger partial charge in [0.25, 0.3) is 0 Å². The molecule has 5 rings (SSSR count). The van der Waals surface area contributed by atoms with Crippen molar-refractivity contribution in [1.29, 1.82) is 0 Å². The third-order valence-electron chi connectivity index (χ3n) is 8.45. The number of unbranched alkanes of at least 4 members (excludes halogenated alkanes) is 2. The zero-order chi connectivity index (χ0) is 28.8. The molecule has 0 amide bonds. The molecular formula is C33H48FN5O2. The molecule has 4 heterocycles. The van der Waals surface area contributed by atoms with Crippen LogP contribution >= 0.6 is 0 Å². The van der Waals surface area contributed by atoms with Gasteiger partial charge in [-0.3, -0.25) is 4.90 Å². The van der Waals surface area contributed by atoms with E-state index in [0.29, 0.717) is 12.5 Å². The second-order valence-corrected chi connectivity index (χ2v) is 12.4. The summed E-state index contributed by atoms with van der Waals surface area (Å²) in [6.45, 7) is 12.1. The van der Waals surface area contributed by atoms with Crippen LogP contribution in [-0.4, -0.2) is 71.2 Å². The number of ether oxygens (including phenoxy) is 2. The second kappa shape index (κ2) is 13.6. The Labute approximate surface area is 244 Å². The average Bonchev–Trinajstić information content (AvgIpc) is 3.34. The van der Waals surface area contributed by atoms with E-state index in [2.05, 4.69) is 52.9 Å². The molecule has 2 aliphatic heterocycles. The van der Waals surface area contributed by atoms with E-state index in [1.54, 1.807) is 13.8 Å². The second-order valence-electron chi connectivity index (χ2n) is 12.4. The van der Waals surface area contributed by atoms with Crippen molar-refractivity contribution in [2.24, 2.45) is 5.92 Å². The molecule has 0 bridgehead atoms. The normalized spacial score (nSPS) is 18.9. The van der Waals surface area contributed by atoms with Crippen molar-refractivity contribution < 1.29 is 13.9 Å². The highest BCUT2D eigenvalue weighted by Crippen LogP contribution is 2.39. The molecule has 7 nitrogen and oxygen atoms in total. The summed E-state index contributed by atoms with van der Waals surface area (Å²) in [7, 11) is 0. The average molecular weight is 566 g/mol. The minimum absolute atomic E-state index is 0.109. The highest BCUT2D eigenvalue weighted by Gasteiger charge is 2.35. The third kappa shape index (κ3) is 7.27. The number of halogens is 1. The topological polar surface area (TPSA) is 66.5 Å². The number of piperidine rings is 1. The number of benzene rings is 1. The van der Waals surface area contributed by atoms with Gasteiger partial charge in [-0.1, -0.05) is 44.9 Å². The van der Waals surface area contributed by atoms with Gasteiger partial charge >= 0.3 is 0 Å². The fourth-order valence-electron chi connectivity index (χ4n) is 6.34. The summed E-state index contributed by atoms with van der Waals surface area (Å²) >= 11 is 0. The lowest BCUT2D eigenvalue weighted by atomic mass is 9.92. The lowest BCUT2D eigenvalue weighted by Crippen LogP contribution is -2.43. The maximum atomic E-state index is 14.9. The number of aromatic nitrogens is 3. The van der Waals surface area contributed by atoms with Crippen molar-refractivity contribution in [1.82, 2.24) is 19.9 Å². The standard InChI is InChI=1S/C33H48FN5O2/c1-5-7-19-40-31(41-20-8-6-2)24-13-16-38(17-14-24)32-35-21-25(22-36-32)30-29-27(15-18-39(30)23-33(3,4)34)26-11-9-10-12-28(26)37-29/h9-12,21-22,24,30-31,37H,5-8,13-20,23H2,1-4H3. The van der Waals surface area contributed by atoms with E-state index in [4.69, 9.17) is 19.4 Å². The molecule has 41 heavy (non-hydrogen) atoms. The highest BCUT2D eigenvalue weighted by molar-refractivity contribution is 5.85. The zero-order valence-electron chi connectivity index (χ0n) is 25.4. The van der Waals surface area contributed by atoms with E-state index in [9.17, 15) is 4.39 Å². The van der Waals surface area contributed by atoms with Crippen LogP contribution in [0.15, 0.2) is 36.7 Å². The van der Waals surface area contributed by atoms with Crippen LogP contribution in [-0.2, 0) is 15.9 Å². The molecule has 1 saturated heterocycles. The quantitative estimate of drug-likeness (QED) is 0.181.